The van der Waals surface area contributed by atoms with Gasteiger partial charge >= 0.3 is 0 Å². The second kappa shape index (κ2) is 11.3. The van der Waals surface area contributed by atoms with E-state index in [0.717, 1.165) is 68.6 Å². The molecule has 0 bridgehead atoms. The molecule has 3 aromatic rings. The van der Waals surface area contributed by atoms with Crippen LogP contribution in [0, 0.1) is 5.82 Å². The third-order valence-electron chi connectivity index (χ3n) is 7.23. The topological polar surface area (TPSA) is 131 Å². The number of halogens is 1. The fraction of sp³-hybridized carbons (Fsp3) is 0.423. The molecule has 10 nitrogen and oxygen atoms in total. The predicted molar refractivity (Wildman–Crippen MR) is 140 cm³/mol. The quantitative estimate of drug-likeness (QED) is 0.307. The van der Waals surface area contributed by atoms with Crippen LogP contribution in [-0.2, 0) is 32.3 Å². The van der Waals surface area contributed by atoms with Gasteiger partial charge in [0.25, 0.3) is 11.5 Å². The molecule has 0 saturated carbocycles. The average molecular weight is 547 g/mol. The molecule has 2 N–H and O–H groups in total. The second-order valence-electron chi connectivity index (χ2n) is 9.69. The average Bonchev–Trinajstić information content (AvgIpc) is 2.91. The Balaban J connectivity index is 1.54. The summed E-state index contributed by atoms with van der Waals surface area (Å²) in [5, 5.41) is 9.01. The fourth-order valence-electron chi connectivity index (χ4n) is 4.44. The van der Waals surface area contributed by atoms with E-state index in [1.807, 2.05) is 24.3 Å². The first-order valence-electron chi connectivity index (χ1n) is 12.3. The SMILES string of the molecule is C[C@@](CCn1cnc2cc(-c3ccc(CCN4CCOCC4)cc3)c(F)cc2c1=O)(C(=O)NO)S(C)(=O)=O. The number of hydrogen-bond donors (Lipinski definition) is 2. The molecule has 4 rings (SSSR count). The van der Waals surface area contributed by atoms with Gasteiger partial charge in [-0.25, -0.2) is 23.3 Å². The van der Waals surface area contributed by atoms with Crippen LogP contribution in [0.15, 0.2) is 47.5 Å². The van der Waals surface area contributed by atoms with Gasteiger partial charge in [-0.2, -0.15) is 0 Å². The van der Waals surface area contributed by atoms with E-state index in [4.69, 9.17) is 9.94 Å². The zero-order chi connectivity index (χ0) is 27.5. The second-order valence-corrected chi connectivity index (χ2v) is 12.1. The highest BCUT2D eigenvalue weighted by Crippen LogP contribution is 2.27. The molecular weight excluding hydrogens is 515 g/mol. The maximum atomic E-state index is 15.1. The molecule has 1 aromatic heterocycles. The lowest BCUT2D eigenvalue weighted by Crippen LogP contribution is -2.50. The number of aromatic nitrogens is 2. The number of fused-ring (bicyclic) bond motifs is 1. The number of aryl methyl sites for hydroxylation is 1. The number of morpholine rings is 1. The number of ether oxygens (including phenoxy) is 1. The van der Waals surface area contributed by atoms with Crippen molar-refractivity contribution in [1.29, 1.82) is 0 Å². The Kier molecular flexibility index (Phi) is 8.26. The Morgan fingerprint density at radius 1 is 1.18 bits per heavy atom. The summed E-state index contributed by atoms with van der Waals surface area (Å²) in [5.41, 5.74) is 3.20. The zero-order valence-electron chi connectivity index (χ0n) is 21.3. The Morgan fingerprint density at radius 2 is 1.87 bits per heavy atom. The standard InChI is InChI=1S/C26H31FN4O6S/c1-26(25(33)29-34,38(2,35)36)8-10-31-17-28-23-16-20(22(27)15-21(23)24(31)32)19-5-3-18(4-6-19)7-9-30-11-13-37-14-12-30/h3-6,15-17,34H,7-14H2,1-2H3,(H,29,33)/t26-/m1/s1. The monoisotopic (exact) mass is 546 g/mol. The predicted octanol–water partition coefficient (Wildman–Crippen LogP) is 1.78. The molecular formula is C26H31FN4O6S. The largest absolute Gasteiger partial charge is 0.379 e. The smallest absolute Gasteiger partial charge is 0.264 e. The molecule has 0 aliphatic carbocycles. The number of nitrogens with one attached hydrogen (secondary N) is 1. The zero-order valence-corrected chi connectivity index (χ0v) is 22.1. The summed E-state index contributed by atoms with van der Waals surface area (Å²) in [7, 11) is -3.93. The normalized spacial score (nSPS) is 16.3. The molecule has 0 radical (unpaired) electrons. The summed E-state index contributed by atoms with van der Waals surface area (Å²) in [6, 6.07) is 10.3. The van der Waals surface area contributed by atoms with Crippen LogP contribution in [0.4, 0.5) is 4.39 Å². The minimum absolute atomic E-state index is 0.0311. The van der Waals surface area contributed by atoms with Crippen molar-refractivity contribution in [2.24, 2.45) is 0 Å². The van der Waals surface area contributed by atoms with Crippen molar-refractivity contribution in [2.75, 3.05) is 39.1 Å². The van der Waals surface area contributed by atoms with Crippen molar-refractivity contribution >= 4 is 26.6 Å². The first kappa shape index (κ1) is 27.8. The van der Waals surface area contributed by atoms with E-state index < -0.39 is 31.9 Å². The highest BCUT2D eigenvalue weighted by Gasteiger charge is 2.43. The number of hydroxylamine groups is 1. The summed E-state index contributed by atoms with van der Waals surface area (Å²) in [6.07, 6.45) is 2.68. The summed E-state index contributed by atoms with van der Waals surface area (Å²) in [5.74, 6) is -1.69. The molecule has 2 aromatic carbocycles. The third kappa shape index (κ3) is 5.78. The van der Waals surface area contributed by atoms with Crippen LogP contribution >= 0.6 is 0 Å². The van der Waals surface area contributed by atoms with Crippen LogP contribution in [0.2, 0.25) is 0 Å². The van der Waals surface area contributed by atoms with E-state index in [2.05, 4.69) is 9.88 Å². The maximum absolute atomic E-state index is 15.1. The number of hydrogen-bond acceptors (Lipinski definition) is 8. The summed E-state index contributed by atoms with van der Waals surface area (Å²) >= 11 is 0. The first-order valence-corrected chi connectivity index (χ1v) is 14.1. The number of carbonyl (C=O) groups is 1. The van der Waals surface area contributed by atoms with Crippen LogP contribution in [0.25, 0.3) is 22.0 Å². The number of sulfone groups is 1. The van der Waals surface area contributed by atoms with Crippen LogP contribution in [-0.4, -0.2) is 77.8 Å². The number of benzene rings is 2. The minimum Gasteiger partial charge on any atom is -0.379 e. The number of nitrogens with zero attached hydrogens (tertiary/aromatic N) is 3. The van der Waals surface area contributed by atoms with Crippen molar-refractivity contribution in [2.45, 2.75) is 31.1 Å². The lowest BCUT2D eigenvalue weighted by atomic mass is 10.0. The lowest BCUT2D eigenvalue weighted by Gasteiger charge is -2.26. The molecule has 2 heterocycles. The molecule has 204 valence electrons. The van der Waals surface area contributed by atoms with Crippen LogP contribution in [0.3, 0.4) is 0 Å². The maximum Gasteiger partial charge on any atom is 0.264 e. The van der Waals surface area contributed by atoms with Gasteiger partial charge in [0.15, 0.2) is 14.6 Å². The molecule has 38 heavy (non-hydrogen) atoms. The van der Waals surface area contributed by atoms with Gasteiger partial charge in [-0.1, -0.05) is 24.3 Å². The van der Waals surface area contributed by atoms with Crippen molar-refractivity contribution in [3.05, 3.63) is 64.5 Å². The highest BCUT2D eigenvalue weighted by atomic mass is 32.2. The van der Waals surface area contributed by atoms with Crippen molar-refractivity contribution in [1.82, 2.24) is 19.9 Å². The molecule has 1 amide bonds. The number of rotatable bonds is 9. The molecule has 1 atom stereocenters. The van der Waals surface area contributed by atoms with Gasteiger partial charge in [0, 0.05) is 38.0 Å². The number of amides is 1. The molecule has 0 spiro atoms. The van der Waals surface area contributed by atoms with Gasteiger partial charge in [0.1, 0.15) is 5.82 Å². The van der Waals surface area contributed by atoms with Gasteiger partial charge in [0.05, 0.1) is 30.4 Å². The van der Waals surface area contributed by atoms with Gasteiger partial charge in [-0.05, 0) is 43.0 Å². The highest BCUT2D eigenvalue weighted by molar-refractivity contribution is 7.92. The van der Waals surface area contributed by atoms with Gasteiger partial charge < -0.3 is 4.74 Å². The van der Waals surface area contributed by atoms with Crippen LogP contribution < -0.4 is 11.0 Å². The summed E-state index contributed by atoms with van der Waals surface area (Å²) in [6.45, 7) is 5.24. The summed E-state index contributed by atoms with van der Waals surface area (Å²) < 4.78 is 44.0. The Morgan fingerprint density at radius 3 is 2.50 bits per heavy atom. The molecule has 12 heteroatoms. The van der Waals surface area contributed by atoms with Gasteiger partial charge in [-0.15, -0.1) is 0 Å². The Bertz CT molecular complexity index is 1490. The molecule has 1 aliphatic heterocycles. The Labute approximate surface area is 219 Å². The van der Waals surface area contributed by atoms with Crippen LogP contribution in [0.5, 0.6) is 0 Å². The van der Waals surface area contributed by atoms with E-state index in [-0.39, 0.29) is 23.9 Å². The molecule has 0 unspecified atom stereocenters. The number of carbonyl (C=O) groups excluding carboxylic acids is 1. The third-order valence-corrected chi connectivity index (χ3v) is 9.25. The van der Waals surface area contributed by atoms with E-state index >= 15 is 4.39 Å². The lowest BCUT2D eigenvalue weighted by molar-refractivity contribution is -0.131. The van der Waals surface area contributed by atoms with E-state index in [9.17, 15) is 18.0 Å². The first-order chi connectivity index (χ1) is 18.0. The Hall–Kier alpha value is -3.19. The molecule has 1 saturated heterocycles. The van der Waals surface area contributed by atoms with E-state index in [0.29, 0.717) is 11.1 Å². The minimum atomic E-state index is -3.93. The van der Waals surface area contributed by atoms with Crippen molar-refractivity contribution in [3.8, 4) is 11.1 Å². The molecule has 1 fully saturated rings. The van der Waals surface area contributed by atoms with E-state index in [1.54, 1.807) is 0 Å². The van der Waals surface area contributed by atoms with Gasteiger partial charge in [-0.3, -0.25) is 24.3 Å². The molecule has 1 aliphatic rings. The van der Waals surface area contributed by atoms with Crippen molar-refractivity contribution in [3.63, 3.8) is 0 Å². The summed E-state index contributed by atoms with van der Waals surface area (Å²) in [4.78, 5) is 31.7. The fourth-order valence-corrected chi connectivity index (χ4v) is 5.29. The van der Waals surface area contributed by atoms with Gasteiger partial charge in [0.2, 0.25) is 0 Å². The van der Waals surface area contributed by atoms with E-state index in [1.165, 1.54) is 17.9 Å². The van der Waals surface area contributed by atoms with Crippen LogP contribution in [0.1, 0.15) is 18.9 Å². The van der Waals surface area contributed by atoms with Crippen molar-refractivity contribution < 1.29 is 27.5 Å².